The van der Waals surface area contributed by atoms with Gasteiger partial charge in [0.25, 0.3) is 0 Å². The fraction of sp³-hybridized carbons (Fsp3) is 0.188. The fourth-order valence-corrected chi connectivity index (χ4v) is 2.35. The molecule has 0 spiro atoms. The van der Waals surface area contributed by atoms with E-state index in [1.54, 1.807) is 4.90 Å². The number of benzene rings is 2. The number of amides is 1. The molecular formula is C16H13ClFNO3. The van der Waals surface area contributed by atoms with Crippen molar-refractivity contribution in [2.24, 2.45) is 0 Å². The lowest BCUT2D eigenvalue weighted by Crippen LogP contribution is -2.26. The normalized spacial score (nSPS) is 17.5. The number of ether oxygens (including phenoxy) is 2. The second-order valence-corrected chi connectivity index (χ2v) is 5.25. The van der Waals surface area contributed by atoms with Gasteiger partial charge in [-0.25, -0.2) is 9.18 Å². The van der Waals surface area contributed by atoms with Crippen molar-refractivity contribution < 1.29 is 18.7 Å². The Balaban J connectivity index is 1.60. The molecule has 1 aliphatic rings. The van der Waals surface area contributed by atoms with E-state index in [0.717, 1.165) is 5.69 Å². The van der Waals surface area contributed by atoms with Crippen LogP contribution in [0.25, 0.3) is 0 Å². The molecule has 0 saturated carbocycles. The monoisotopic (exact) mass is 321 g/mol. The highest BCUT2D eigenvalue weighted by Gasteiger charge is 2.32. The van der Waals surface area contributed by atoms with Gasteiger partial charge in [-0.1, -0.05) is 29.8 Å². The SMILES string of the molecule is O=C1OC(COc2ccc(F)c(Cl)c2)CN1c1ccccc1. The summed E-state index contributed by atoms with van der Waals surface area (Å²) in [7, 11) is 0. The summed E-state index contributed by atoms with van der Waals surface area (Å²) in [5, 5.41) is -0.00757. The Kier molecular flexibility index (Phi) is 4.15. The number of halogens is 2. The first-order valence-corrected chi connectivity index (χ1v) is 7.12. The maximum Gasteiger partial charge on any atom is 0.414 e. The lowest BCUT2D eigenvalue weighted by atomic mass is 10.3. The molecule has 114 valence electrons. The molecule has 2 aromatic rings. The van der Waals surface area contributed by atoms with E-state index in [4.69, 9.17) is 21.1 Å². The summed E-state index contributed by atoms with van der Waals surface area (Å²) in [6.45, 7) is 0.578. The van der Waals surface area contributed by atoms with E-state index in [9.17, 15) is 9.18 Å². The van der Waals surface area contributed by atoms with Crippen molar-refractivity contribution in [2.45, 2.75) is 6.10 Å². The quantitative estimate of drug-likeness (QED) is 0.857. The molecule has 0 aromatic heterocycles. The van der Waals surface area contributed by atoms with Crippen LogP contribution in [0.4, 0.5) is 14.9 Å². The molecule has 3 rings (SSSR count). The number of hydrogen-bond donors (Lipinski definition) is 0. The number of para-hydroxylation sites is 1. The summed E-state index contributed by atoms with van der Waals surface area (Å²) < 4.78 is 23.8. The van der Waals surface area contributed by atoms with Crippen LogP contribution in [0, 0.1) is 5.82 Å². The average Bonchev–Trinajstić information content (AvgIpc) is 2.90. The fourth-order valence-electron chi connectivity index (χ4n) is 2.18. The van der Waals surface area contributed by atoms with Gasteiger partial charge in [0, 0.05) is 11.8 Å². The van der Waals surface area contributed by atoms with Gasteiger partial charge in [0.15, 0.2) is 6.10 Å². The summed E-state index contributed by atoms with van der Waals surface area (Å²) in [6.07, 6.45) is -0.798. The number of carbonyl (C=O) groups excluding carboxylic acids is 1. The molecule has 1 atom stereocenters. The van der Waals surface area contributed by atoms with Crippen molar-refractivity contribution in [3.05, 3.63) is 59.4 Å². The van der Waals surface area contributed by atoms with E-state index < -0.39 is 18.0 Å². The Bertz CT molecular complexity index is 680. The highest BCUT2D eigenvalue weighted by atomic mass is 35.5. The van der Waals surface area contributed by atoms with Crippen LogP contribution in [0.1, 0.15) is 0 Å². The zero-order valence-electron chi connectivity index (χ0n) is 11.5. The summed E-state index contributed by atoms with van der Waals surface area (Å²) in [5.74, 6) is -0.0721. The second kappa shape index (κ2) is 6.23. The molecule has 4 nitrogen and oxygen atoms in total. The van der Waals surface area contributed by atoms with Crippen LogP contribution in [0.5, 0.6) is 5.75 Å². The lowest BCUT2D eigenvalue weighted by molar-refractivity contribution is 0.105. The van der Waals surface area contributed by atoms with Gasteiger partial charge < -0.3 is 9.47 Å². The number of carbonyl (C=O) groups is 1. The molecule has 6 heteroatoms. The molecule has 0 bridgehead atoms. The van der Waals surface area contributed by atoms with Gasteiger partial charge >= 0.3 is 6.09 Å². The van der Waals surface area contributed by atoms with Crippen molar-refractivity contribution in [1.82, 2.24) is 0 Å². The molecular weight excluding hydrogens is 309 g/mol. The van der Waals surface area contributed by atoms with Crippen molar-refractivity contribution in [3.8, 4) is 5.75 Å². The van der Waals surface area contributed by atoms with Crippen LogP contribution in [0.15, 0.2) is 48.5 Å². The van der Waals surface area contributed by atoms with Gasteiger partial charge in [-0.3, -0.25) is 4.90 Å². The number of hydrogen-bond acceptors (Lipinski definition) is 3. The molecule has 1 heterocycles. The van der Waals surface area contributed by atoms with E-state index >= 15 is 0 Å². The van der Waals surface area contributed by atoms with Crippen molar-refractivity contribution >= 4 is 23.4 Å². The molecule has 1 aliphatic heterocycles. The van der Waals surface area contributed by atoms with Crippen LogP contribution < -0.4 is 9.64 Å². The first-order chi connectivity index (χ1) is 10.6. The van der Waals surface area contributed by atoms with Crippen LogP contribution >= 0.6 is 11.6 Å². The molecule has 0 radical (unpaired) electrons. The van der Waals surface area contributed by atoms with Crippen LogP contribution in [0.3, 0.4) is 0 Å². The van der Waals surface area contributed by atoms with E-state index in [-0.39, 0.29) is 11.6 Å². The number of cyclic esters (lactones) is 1. The Hall–Kier alpha value is -2.27. The smallest absolute Gasteiger partial charge is 0.414 e. The maximum absolute atomic E-state index is 13.1. The number of anilines is 1. The third kappa shape index (κ3) is 3.14. The largest absolute Gasteiger partial charge is 0.490 e. The van der Waals surface area contributed by atoms with Gasteiger partial charge in [0.05, 0.1) is 11.6 Å². The molecule has 1 saturated heterocycles. The molecule has 1 unspecified atom stereocenters. The van der Waals surface area contributed by atoms with Crippen LogP contribution in [0.2, 0.25) is 5.02 Å². The predicted octanol–water partition coefficient (Wildman–Crippen LogP) is 3.88. The summed E-state index contributed by atoms with van der Waals surface area (Å²) in [5.41, 5.74) is 0.778. The Morgan fingerprint density at radius 3 is 2.77 bits per heavy atom. The minimum Gasteiger partial charge on any atom is -0.490 e. The zero-order valence-corrected chi connectivity index (χ0v) is 12.3. The van der Waals surface area contributed by atoms with Gasteiger partial charge in [0.1, 0.15) is 18.2 Å². The first-order valence-electron chi connectivity index (χ1n) is 6.74. The number of nitrogens with zero attached hydrogens (tertiary/aromatic N) is 1. The lowest BCUT2D eigenvalue weighted by Gasteiger charge is -2.13. The topological polar surface area (TPSA) is 38.8 Å². The summed E-state index contributed by atoms with van der Waals surface area (Å²) >= 11 is 5.69. The third-order valence-electron chi connectivity index (χ3n) is 3.27. The Labute approximate surface area is 132 Å². The second-order valence-electron chi connectivity index (χ2n) is 4.84. The molecule has 22 heavy (non-hydrogen) atoms. The Morgan fingerprint density at radius 1 is 1.27 bits per heavy atom. The minimum atomic E-state index is -0.503. The van der Waals surface area contributed by atoms with Crippen molar-refractivity contribution in [2.75, 3.05) is 18.1 Å². The molecule has 1 fully saturated rings. The maximum atomic E-state index is 13.1. The minimum absolute atomic E-state index is 0.00757. The van der Waals surface area contributed by atoms with Gasteiger partial charge in [-0.2, -0.15) is 0 Å². The molecule has 2 aromatic carbocycles. The van der Waals surface area contributed by atoms with Crippen molar-refractivity contribution in [1.29, 1.82) is 0 Å². The molecule has 0 N–H and O–H groups in total. The number of rotatable bonds is 4. The van der Waals surface area contributed by atoms with E-state index in [1.165, 1.54) is 18.2 Å². The standard InChI is InChI=1S/C16H13ClFNO3/c17-14-8-12(6-7-15(14)18)21-10-13-9-19(16(20)22-13)11-4-2-1-3-5-11/h1-8,13H,9-10H2. The van der Waals surface area contributed by atoms with Gasteiger partial charge in [-0.05, 0) is 24.3 Å². The first kappa shape index (κ1) is 14.7. The van der Waals surface area contributed by atoms with Crippen LogP contribution in [-0.2, 0) is 4.74 Å². The molecule has 1 amide bonds. The molecule has 0 aliphatic carbocycles. The van der Waals surface area contributed by atoms with E-state index in [1.807, 2.05) is 30.3 Å². The van der Waals surface area contributed by atoms with E-state index in [2.05, 4.69) is 0 Å². The zero-order chi connectivity index (χ0) is 15.5. The third-order valence-corrected chi connectivity index (χ3v) is 3.56. The van der Waals surface area contributed by atoms with Crippen LogP contribution in [-0.4, -0.2) is 25.3 Å². The van der Waals surface area contributed by atoms with E-state index in [0.29, 0.717) is 12.3 Å². The van der Waals surface area contributed by atoms with Gasteiger partial charge in [0.2, 0.25) is 0 Å². The highest BCUT2D eigenvalue weighted by Crippen LogP contribution is 2.24. The Morgan fingerprint density at radius 2 is 2.05 bits per heavy atom. The summed E-state index contributed by atoms with van der Waals surface area (Å²) in [4.78, 5) is 13.4. The highest BCUT2D eigenvalue weighted by molar-refractivity contribution is 6.30. The summed E-state index contributed by atoms with van der Waals surface area (Å²) in [6, 6.07) is 13.4. The predicted molar refractivity (Wildman–Crippen MR) is 81.0 cm³/mol. The van der Waals surface area contributed by atoms with Gasteiger partial charge in [-0.15, -0.1) is 0 Å². The average molecular weight is 322 g/mol. The van der Waals surface area contributed by atoms with Crippen molar-refractivity contribution in [3.63, 3.8) is 0 Å².